The molecule has 19 heavy (non-hydrogen) atoms. The minimum Gasteiger partial charge on any atom is -0.392 e. The van der Waals surface area contributed by atoms with E-state index in [9.17, 15) is 8.42 Å². The van der Waals surface area contributed by atoms with Crippen LogP contribution in [0.4, 0.5) is 0 Å². The van der Waals surface area contributed by atoms with Gasteiger partial charge >= 0.3 is 0 Å². The maximum atomic E-state index is 12.6. The van der Waals surface area contributed by atoms with E-state index in [0.717, 1.165) is 0 Å². The molecule has 0 atom stereocenters. The molecule has 0 aliphatic carbocycles. The van der Waals surface area contributed by atoms with Crippen LogP contribution in [0.5, 0.6) is 0 Å². The molecule has 2 N–H and O–H groups in total. The number of thiocarbonyl (C=S) groups is 1. The molecule has 1 aromatic carbocycles. The lowest BCUT2D eigenvalue weighted by molar-refractivity contribution is 0.391. The van der Waals surface area contributed by atoms with Gasteiger partial charge in [-0.15, -0.1) is 0 Å². The van der Waals surface area contributed by atoms with Crippen LogP contribution in [0.3, 0.4) is 0 Å². The smallest absolute Gasteiger partial charge is 0.245 e. The Hall–Kier alpha value is -0.400. The fourth-order valence-electron chi connectivity index (χ4n) is 1.50. The maximum Gasteiger partial charge on any atom is 0.245 e. The van der Waals surface area contributed by atoms with E-state index in [1.807, 2.05) is 0 Å². The van der Waals surface area contributed by atoms with Crippen LogP contribution in [-0.4, -0.2) is 30.3 Å². The molecule has 0 radical (unpaired) electrons. The Kier molecular flexibility index (Phi) is 5.58. The van der Waals surface area contributed by atoms with Crippen molar-refractivity contribution in [1.29, 1.82) is 0 Å². The van der Waals surface area contributed by atoms with E-state index in [1.165, 1.54) is 22.5 Å². The highest BCUT2D eigenvalue weighted by Crippen LogP contribution is 2.28. The molecule has 4 nitrogen and oxygen atoms in total. The molecule has 0 spiro atoms. The first-order chi connectivity index (χ1) is 8.66. The van der Waals surface area contributed by atoms with Crippen molar-refractivity contribution >= 4 is 50.4 Å². The van der Waals surface area contributed by atoms with Gasteiger partial charge in [-0.25, -0.2) is 8.42 Å². The molecule has 1 aromatic rings. The van der Waals surface area contributed by atoms with Crippen LogP contribution in [0, 0.1) is 0 Å². The van der Waals surface area contributed by atoms with E-state index in [4.69, 9.17) is 41.2 Å². The van der Waals surface area contributed by atoms with E-state index in [-0.39, 0.29) is 27.5 Å². The molecule has 0 aliphatic rings. The van der Waals surface area contributed by atoms with Crippen molar-refractivity contribution in [3.05, 3.63) is 28.2 Å². The van der Waals surface area contributed by atoms with E-state index in [2.05, 4.69) is 0 Å². The summed E-state index contributed by atoms with van der Waals surface area (Å²) in [5.41, 5.74) is 5.44. The molecule has 0 fully saturated rings. The van der Waals surface area contributed by atoms with Crippen LogP contribution in [0.25, 0.3) is 0 Å². The average molecular weight is 341 g/mol. The van der Waals surface area contributed by atoms with E-state index < -0.39 is 10.0 Å². The number of nitrogens with two attached hydrogens (primary N) is 1. The Balaban J connectivity index is 3.34. The number of hydrogen-bond acceptors (Lipinski definition) is 3. The monoisotopic (exact) mass is 340 g/mol. The second-order valence-corrected chi connectivity index (χ2v) is 7.41. The summed E-state index contributed by atoms with van der Waals surface area (Å²) in [4.78, 5) is 0.0436. The first-order valence-corrected chi connectivity index (χ1v) is 8.02. The molecule has 0 bridgehead atoms. The van der Waals surface area contributed by atoms with Crippen LogP contribution >= 0.6 is 35.4 Å². The number of benzene rings is 1. The van der Waals surface area contributed by atoms with Gasteiger partial charge in [0.1, 0.15) is 4.90 Å². The summed E-state index contributed by atoms with van der Waals surface area (Å²) in [5.74, 6) is 0. The average Bonchev–Trinajstić information content (AvgIpc) is 2.28. The first-order valence-electron chi connectivity index (χ1n) is 5.41. The molecule has 0 saturated carbocycles. The largest absolute Gasteiger partial charge is 0.392 e. The third-order valence-corrected chi connectivity index (χ3v) is 5.24. The minimum absolute atomic E-state index is 0.0435. The highest BCUT2D eigenvalue weighted by molar-refractivity contribution is 7.89. The van der Waals surface area contributed by atoms with Crippen molar-refractivity contribution < 1.29 is 8.42 Å². The fraction of sp³-hybridized carbons (Fsp3) is 0.364. The molecule has 0 saturated heterocycles. The molecule has 106 valence electrons. The fourth-order valence-corrected chi connectivity index (χ4v) is 4.07. The summed E-state index contributed by atoms with van der Waals surface area (Å²) in [5, 5.41) is 0.403. The second kappa shape index (κ2) is 6.37. The van der Waals surface area contributed by atoms with Crippen molar-refractivity contribution in [2.24, 2.45) is 5.73 Å². The molecular weight excluding hydrogens is 327 g/mol. The summed E-state index contributed by atoms with van der Waals surface area (Å²) in [6, 6.07) is 3.97. The van der Waals surface area contributed by atoms with Crippen molar-refractivity contribution in [2.75, 3.05) is 6.54 Å². The number of rotatable bonds is 5. The van der Waals surface area contributed by atoms with E-state index in [0.29, 0.717) is 5.02 Å². The standard InChI is InChI=1S/C11H14Cl2N2O2S2/c1-7(2)15(6-11(14)18)19(16,17)10-5-8(12)3-4-9(10)13/h3-5,7H,6H2,1-2H3,(H2,14,18). The topological polar surface area (TPSA) is 63.4 Å². The Morgan fingerprint density at radius 1 is 1.42 bits per heavy atom. The lowest BCUT2D eigenvalue weighted by Crippen LogP contribution is -2.42. The predicted octanol–water partition coefficient (Wildman–Crippen LogP) is 2.68. The SMILES string of the molecule is CC(C)N(CC(N)=S)S(=O)(=O)c1cc(Cl)ccc1Cl. The molecule has 0 amide bonds. The molecule has 0 aromatic heterocycles. The third kappa shape index (κ3) is 4.03. The predicted molar refractivity (Wildman–Crippen MR) is 82.3 cm³/mol. The quantitative estimate of drug-likeness (QED) is 0.837. The molecule has 0 aliphatic heterocycles. The lowest BCUT2D eigenvalue weighted by atomic mass is 10.4. The van der Waals surface area contributed by atoms with Gasteiger partial charge in [0.2, 0.25) is 10.0 Å². The van der Waals surface area contributed by atoms with Gasteiger partial charge in [-0.2, -0.15) is 4.31 Å². The summed E-state index contributed by atoms with van der Waals surface area (Å²) in [6.45, 7) is 3.42. The van der Waals surface area contributed by atoms with Crippen molar-refractivity contribution in [1.82, 2.24) is 4.31 Å². The molecule has 8 heteroatoms. The Bertz CT molecular complexity index is 588. The zero-order valence-corrected chi connectivity index (χ0v) is 13.6. The van der Waals surface area contributed by atoms with Gasteiger partial charge in [0, 0.05) is 11.1 Å². The third-order valence-electron chi connectivity index (χ3n) is 2.37. The number of sulfonamides is 1. The maximum absolute atomic E-state index is 12.6. The van der Waals surface area contributed by atoms with Gasteiger partial charge in [0.05, 0.1) is 16.6 Å². The summed E-state index contributed by atoms with van der Waals surface area (Å²) >= 11 is 16.5. The summed E-state index contributed by atoms with van der Waals surface area (Å²) in [7, 11) is -3.80. The molecule has 1 rings (SSSR count). The number of hydrogen-bond donors (Lipinski definition) is 1. The highest BCUT2D eigenvalue weighted by atomic mass is 35.5. The first kappa shape index (κ1) is 16.7. The van der Waals surface area contributed by atoms with Crippen molar-refractivity contribution in [3.8, 4) is 0 Å². The minimum atomic E-state index is -3.80. The second-order valence-electron chi connectivity index (χ2n) is 4.19. The molecular formula is C11H14Cl2N2O2S2. The van der Waals surface area contributed by atoms with Gasteiger partial charge in [0.15, 0.2) is 0 Å². The Morgan fingerprint density at radius 3 is 2.47 bits per heavy atom. The van der Waals surface area contributed by atoms with Gasteiger partial charge in [0.25, 0.3) is 0 Å². The number of nitrogens with zero attached hydrogens (tertiary/aromatic N) is 1. The number of halogens is 2. The van der Waals surface area contributed by atoms with Gasteiger partial charge in [-0.3, -0.25) is 0 Å². The molecule has 0 heterocycles. The van der Waals surface area contributed by atoms with Gasteiger partial charge in [-0.05, 0) is 32.0 Å². The van der Waals surface area contributed by atoms with Gasteiger partial charge < -0.3 is 5.73 Å². The summed E-state index contributed by atoms with van der Waals surface area (Å²) < 4.78 is 26.3. The van der Waals surface area contributed by atoms with Crippen LogP contribution in [-0.2, 0) is 10.0 Å². The Morgan fingerprint density at radius 2 is 2.00 bits per heavy atom. The normalized spacial score (nSPS) is 12.1. The van der Waals surface area contributed by atoms with Gasteiger partial charge in [-0.1, -0.05) is 35.4 Å². The van der Waals surface area contributed by atoms with Crippen LogP contribution in [0.2, 0.25) is 10.0 Å². The highest BCUT2D eigenvalue weighted by Gasteiger charge is 2.29. The zero-order valence-electron chi connectivity index (χ0n) is 10.4. The lowest BCUT2D eigenvalue weighted by Gasteiger charge is -2.25. The zero-order chi connectivity index (χ0) is 14.8. The van der Waals surface area contributed by atoms with Crippen LogP contribution in [0.15, 0.2) is 23.1 Å². The van der Waals surface area contributed by atoms with Crippen LogP contribution in [0.1, 0.15) is 13.8 Å². The Labute approximate surface area is 128 Å². The summed E-state index contributed by atoms with van der Waals surface area (Å²) in [6.07, 6.45) is 0. The van der Waals surface area contributed by atoms with E-state index >= 15 is 0 Å². The van der Waals surface area contributed by atoms with Crippen molar-refractivity contribution in [3.63, 3.8) is 0 Å². The molecule has 0 unspecified atom stereocenters. The van der Waals surface area contributed by atoms with Crippen molar-refractivity contribution in [2.45, 2.75) is 24.8 Å². The van der Waals surface area contributed by atoms with Crippen LogP contribution < -0.4 is 5.73 Å². The van der Waals surface area contributed by atoms with E-state index in [1.54, 1.807) is 13.8 Å².